The molecule has 2 saturated heterocycles. The molecule has 10 heteroatoms. The predicted molar refractivity (Wildman–Crippen MR) is 111 cm³/mol. The Morgan fingerprint density at radius 1 is 1.12 bits per heavy atom. The molecule has 5 amide bonds. The maximum atomic E-state index is 13.7. The van der Waals surface area contributed by atoms with Gasteiger partial charge < -0.3 is 15.5 Å². The Morgan fingerprint density at radius 2 is 1.88 bits per heavy atom. The van der Waals surface area contributed by atoms with Crippen LogP contribution < -0.4 is 15.5 Å². The topological polar surface area (TPSA) is 98.8 Å². The van der Waals surface area contributed by atoms with Gasteiger partial charge in [-0.2, -0.15) is 0 Å². The fourth-order valence-electron chi connectivity index (χ4n) is 3.89. The van der Waals surface area contributed by atoms with E-state index < -0.39 is 41.6 Å². The Balaban J connectivity index is 1.51. The van der Waals surface area contributed by atoms with Gasteiger partial charge in [-0.1, -0.05) is 18.2 Å². The molecule has 0 aliphatic carbocycles. The molecule has 2 N–H and O–H groups in total. The van der Waals surface area contributed by atoms with E-state index in [0.717, 1.165) is 12.1 Å². The number of para-hydroxylation sites is 2. The third-order valence-corrected chi connectivity index (χ3v) is 5.62. The number of nitrogens with one attached hydrogen (secondary N) is 2. The quantitative estimate of drug-likeness (QED) is 0.695. The van der Waals surface area contributed by atoms with Crippen LogP contribution in [0.3, 0.4) is 0 Å². The minimum Gasteiger partial charge on any atom is -0.323 e. The molecule has 2 aliphatic heterocycles. The summed E-state index contributed by atoms with van der Waals surface area (Å²) in [6, 6.07) is 8.81. The molecule has 2 fully saturated rings. The monoisotopic (exact) mass is 442 g/mol. The smallest absolute Gasteiger partial charge is 0.323 e. The Kier molecular flexibility index (Phi) is 5.37. The lowest BCUT2D eigenvalue weighted by Gasteiger charge is -2.22. The van der Waals surface area contributed by atoms with Crippen molar-refractivity contribution in [2.75, 3.05) is 23.3 Å². The number of amides is 5. The first-order chi connectivity index (χ1) is 15.2. The minimum absolute atomic E-state index is 0.0514. The largest absolute Gasteiger partial charge is 0.325 e. The van der Waals surface area contributed by atoms with Crippen LogP contribution in [-0.2, 0) is 19.9 Å². The summed E-state index contributed by atoms with van der Waals surface area (Å²) in [5.74, 6) is -3.72. The number of hydrogen-bond acceptors (Lipinski definition) is 4. The highest BCUT2D eigenvalue weighted by atomic mass is 19.2. The normalized spacial score (nSPS) is 20.7. The van der Waals surface area contributed by atoms with Crippen molar-refractivity contribution in [2.24, 2.45) is 0 Å². The Hall–Kier alpha value is -3.82. The molecular weight excluding hydrogens is 422 g/mol. The van der Waals surface area contributed by atoms with Crippen molar-refractivity contribution >= 4 is 35.1 Å². The van der Waals surface area contributed by atoms with Gasteiger partial charge in [0.05, 0.1) is 11.4 Å². The van der Waals surface area contributed by atoms with E-state index in [9.17, 15) is 28.0 Å². The summed E-state index contributed by atoms with van der Waals surface area (Å²) in [6.07, 6.45) is 1.14. The van der Waals surface area contributed by atoms with E-state index in [2.05, 4.69) is 10.6 Å². The van der Waals surface area contributed by atoms with Crippen molar-refractivity contribution in [3.05, 3.63) is 59.7 Å². The fourth-order valence-corrected chi connectivity index (χ4v) is 3.89. The molecule has 0 spiro atoms. The molecule has 166 valence electrons. The van der Waals surface area contributed by atoms with Gasteiger partial charge in [0.2, 0.25) is 11.8 Å². The van der Waals surface area contributed by atoms with Crippen LogP contribution in [0.5, 0.6) is 0 Å². The molecule has 0 radical (unpaired) electrons. The Morgan fingerprint density at radius 3 is 2.56 bits per heavy atom. The van der Waals surface area contributed by atoms with E-state index in [4.69, 9.17) is 0 Å². The first kappa shape index (κ1) is 21.4. The average molecular weight is 442 g/mol. The maximum Gasteiger partial charge on any atom is 0.325 e. The van der Waals surface area contributed by atoms with Crippen molar-refractivity contribution in [2.45, 2.75) is 25.3 Å². The number of hydrogen-bond donors (Lipinski definition) is 2. The molecule has 2 aromatic rings. The lowest BCUT2D eigenvalue weighted by molar-refractivity contribution is -0.133. The number of rotatable bonds is 5. The molecule has 2 aliphatic rings. The van der Waals surface area contributed by atoms with Crippen molar-refractivity contribution in [3.8, 4) is 0 Å². The molecule has 2 aromatic carbocycles. The van der Waals surface area contributed by atoms with Crippen LogP contribution in [0.25, 0.3) is 0 Å². The second-order valence-corrected chi connectivity index (χ2v) is 7.79. The zero-order valence-corrected chi connectivity index (χ0v) is 17.2. The molecule has 0 bridgehead atoms. The summed E-state index contributed by atoms with van der Waals surface area (Å²) in [7, 11) is 0. The van der Waals surface area contributed by atoms with Gasteiger partial charge in [0.1, 0.15) is 12.1 Å². The van der Waals surface area contributed by atoms with Crippen molar-refractivity contribution in [1.29, 1.82) is 0 Å². The van der Waals surface area contributed by atoms with Crippen LogP contribution in [0.4, 0.5) is 25.0 Å². The van der Waals surface area contributed by atoms with E-state index in [-0.39, 0.29) is 11.5 Å². The van der Waals surface area contributed by atoms with Crippen LogP contribution in [0.1, 0.15) is 25.3 Å². The lowest BCUT2D eigenvalue weighted by Crippen LogP contribution is -2.42. The van der Waals surface area contributed by atoms with Crippen molar-refractivity contribution in [1.82, 2.24) is 10.2 Å². The Bertz CT molecular complexity index is 1140. The summed E-state index contributed by atoms with van der Waals surface area (Å²) in [5.41, 5.74) is -0.683. The third-order valence-electron chi connectivity index (χ3n) is 5.62. The standard InChI is InChI=1S/C22H20F2N4O4/c1-22(13-8-9-14(23)15(24)11-13)20(31)28(21(32)26-22)12-18(29)25-16-5-2-3-6-17(16)27-10-4-7-19(27)30/h2-3,5-6,8-9,11H,4,7,10,12H2,1H3,(H,25,29)(H,26,32)/t22-/m0/s1. The van der Waals surface area contributed by atoms with Crippen LogP contribution in [-0.4, -0.2) is 41.7 Å². The number of urea groups is 1. The molecule has 0 aromatic heterocycles. The average Bonchev–Trinajstić information content (AvgIpc) is 3.27. The summed E-state index contributed by atoms with van der Waals surface area (Å²) in [6.45, 7) is 1.30. The fraction of sp³-hybridized carbons (Fsp3) is 0.273. The molecule has 0 unspecified atom stereocenters. The second kappa shape index (κ2) is 8.03. The molecule has 4 rings (SSSR count). The first-order valence-corrected chi connectivity index (χ1v) is 9.99. The summed E-state index contributed by atoms with van der Waals surface area (Å²) < 4.78 is 26.9. The SMILES string of the molecule is C[C@@]1(c2ccc(F)c(F)c2)NC(=O)N(CC(=O)Nc2ccccc2N2CCCC2=O)C1=O. The zero-order chi connectivity index (χ0) is 23.0. The summed E-state index contributed by atoms with van der Waals surface area (Å²) in [5, 5.41) is 5.08. The number of benzene rings is 2. The molecule has 1 atom stereocenters. The summed E-state index contributed by atoms with van der Waals surface area (Å²) >= 11 is 0. The van der Waals surface area contributed by atoms with E-state index >= 15 is 0 Å². The second-order valence-electron chi connectivity index (χ2n) is 7.79. The van der Waals surface area contributed by atoms with Crippen LogP contribution in [0.2, 0.25) is 0 Å². The number of anilines is 2. The highest BCUT2D eigenvalue weighted by Crippen LogP contribution is 2.31. The van der Waals surface area contributed by atoms with Gasteiger partial charge in [0.25, 0.3) is 5.91 Å². The summed E-state index contributed by atoms with van der Waals surface area (Å²) in [4.78, 5) is 52.4. The molecule has 8 nitrogen and oxygen atoms in total. The number of carbonyl (C=O) groups is 4. The van der Waals surface area contributed by atoms with E-state index in [0.29, 0.717) is 35.7 Å². The van der Waals surface area contributed by atoms with Gasteiger partial charge in [-0.25, -0.2) is 13.6 Å². The minimum atomic E-state index is -1.65. The van der Waals surface area contributed by atoms with E-state index in [1.807, 2.05) is 0 Å². The molecule has 0 saturated carbocycles. The lowest BCUT2D eigenvalue weighted by atomic mass is 9.92. The van der Waals surface area contributed by atoms with E-state index in [1.54, 1.807) is 29.2 Å². The van der Waals surface area contributed by atoms with Crippen molar-refractivity contribution in [3.63, 3.8) is 0 Å². The number of imide groups is 1. The van der Waals surface area contributed by atoms with Gasteiger partial charge in [-0.05, 0) is 43.2 Å². The molecule has 32 heavy (non-hydrogen) atoms. The van der Waals surface area contributed by atoms with Gasteiger partial charge in [0, 0.05) is 13.0 Å². The van der Waals surface area contributed by atoms with Crippen LogP contribution in [0, 0.1) is 11.6 Å². The number of nitrogens with zero attached hydrogens (tertiary/aromatic N) is 2. The predicted octanol–water partition coefficient (Wildman–Crippen LogP) is 2.50. The Labute approximate surface area is 182 Å². The van der Waals surface area contributed by atoms with Gasteiger partial charge in [-0.3, -0.25) is 19.3 Å². The molecule has 2 heterocycles. The first-order valence-electron chi connectivity index (χ1n) is 9.99. The third kappa shape index (κ3) is 3.68. The van der Waals surface area contributed by atoms with Crippen molar-refractivity contribution < 1.29 is 28.0 Å². The van der Waals surface area contributed by atoms with Gasteiger partial charge >= 0.3 is 6.03 Å². The number of carbonyl (C=O) groups excluding carboxylic acids is 4. The maximum absolute atomic E-state index is 13.7. The number of halogens is 2. The van der Waals surface area contributed by atoms with Gasteiger partial charge in [-0.15, -0.1) is 0 Å². The highest BCUT2D eigenvalue weighted by Gasteiger charge is 2.49. The van der Waals surface area contributed by atoms with E-state index in [1.165, 1.54) is 13.0 Å². The van der Waals surface area contributed by atoms with Crippen LogP contribution >= 0.6 is 0 Å². The van der Waals surface area contributed by atoms with Crippen LogP contribution in [0.15, 0.2) is 42.5 Å². The molecular formula is C22H20F2N4O4. The highest BCUT2D eigenvalue weighted by molar-refractivity contribution is 6.11. The zero-order valence-electron chi connectivity index (χ0n) is 17.2. The van der Waals surface area contributed by atoms with Gasteiger partial charge in [0.15, 0.2) is 11.6 Å².